The smallest absolute Gasteiger partial charge is 0.189 e. The molecule has 0 spiro atoms. The molecular formula is C18H12FN3O. The number of aromatic nitrogens is 3. The first-order valence-electron chi connectivity index (χ1n) is 7.12. The SMILES string of the molecule is O=c1ccn(-c2ccc(F)cc2)c2cc(-n3ccnc3)ccc12. The van der Waals surface area contributed by atoms with E-state index in [0.29, 0.717) is 5.39 Å². The Morgan fingerprint density at radius 3 is 2.43 bits per heavy atom. The third-order valence-corrected chi connectivity index (χ3v) is 3.79. The van der Waals surface area contributed by atoms with Crippen molar-refractivity contribution in [2.45, 2.75) is 0 Å². The van der Waals surface area contributed by atoms with Crippen LogP contribution >= 0.6 is 0 Å². The number of halogens is 1. The molecule has 4 nitrogen and oxygen atoms in total. The minimum Gasteiger partial charge on any atom is -0.316 e. The molecule has 0 atom stereocenters. The maximum Gasteiger partial charge on any atom is 0.189 e. The van der Waals surface area contributed by atoms with Gasteiger partial charge in [0.1, 0.15) is 5.82 Å². The van der Waals surface area contributed by atoms with Crippen molar-refractivity contribution in [3.8, 4) is 11.4 Å². The van der Waals surface area contributed by atoms with Gasteiger partial charge in [-0.1, -0.05) is 0 Å². The predicted octanol–water partition coefficient (Wildman–Crippen LogP) is 3.32. The molecule has 0 bridgehead atoms. The largest absolute Gasteiger partial charge is 0.316 e. The summed E-state index contributed by atoms with van der Waals surface area (Å²) in [5.74, 6) is -0.293. The van der Waals surface area contributed by atoms with Gasteiger partial charge in [0, 0.05) is 41.4 Å². The molecule has 2 aromatic heterocycles. The zero-order valence-electron chi connectivity index (χ0n) is 12.1. The highest BCUT2D eigenvalue weighted by atomic mass is 19.1. The van der Waals surface area contributed by atoms with E-state index in [1.54, 1.807) is 36.9 Å². The van der Waals surface area contributed by atoms with Crippen molar-refractivity contribution in [1.82, 2.24) is 14.1 Å². The van der Waals surface area contributed by atoms with Crippen molar-refractivity contribution in [3.63, 3.8) is 0 Å². The molecule has 0 aliphatic heterocycles. The van der Waals surface area contributed by atoms with E-state index in [-0.39, 0.29) is 11.2 Å². The van der Waals surface area contributed by atoms with Gasteiger partial charge in [-0.15, -0.1) is 0 Å². The number of rotatable bonds is 2. The van der Waals surface area contributed by atoms with Crippen LogP contribution in [0.1, 0.15) is 0 Å². The van der Waals surface area contributed by atoms with Crippen LogP contribution in [0, 0.1) is 5.82 Å². The van der Waals surface area contributed by atoms with Crippen molar-refractivity contribution in [2.24, 2.45) is 0 Å². The Morgan fingerprint density at radius 2 is 1.70 bits per heavy atom. The molecule has 0 unspecified atom stereocenters. The second-order valence-electron chi connectivity index (χ2n) is 5.20. The summed E-state index contributed by atoms with van der Waals surface area (Å²) in [6, 6.07) is 13.3. The molecule has 112 valence electrons. The highest BCUT2D eigenvalue weighted by Gasteiger charge is 2.07. The van der Waals surface area contributed by atoms with Crippen LogP contribution in [0.25, 0.3) is 22.3 Å². The Balaban J connectivity index is 2.00. The van der Waals surface area contributed by atoms with E-state index in [9.17, 15) is 9.18 Å². The first-order valence-corrected chi connectivity index (χ1v) is 7.12. The Bertz CT molecular complexity index is 1030. The summed E-state index contributed by atoms with van der Waals surface area (Å²) in [5, 5.41) is 0.612. The number of nitrogens with zero attached hydrogens (tertiary/aromatic N) is 3. The molecule has 0 radical (unpaired) electrons. The Hall–Kier alpha value is -3.21. The second kappa shape index (κ2) is 5.21. The van der Waals surface area contributed by atoms with Crippen molar-refractivity contribution in [2.75, 3.05) is 0 Å². The molecular weight excluding hydrogens is 293 g/mol. The Labute approximate surface area is 131 Å². The van der Waals surface area contributed by atoms with Gasteiger partial charge in [-0.3, -0.25) is 4.79 Å². The normalized spacial score (nSPS) is 11.0. The monoisotopic (exact) mass is 305 g/mol. The summed E-state index contributed by atoms with van der Waals surface area (Å²) >= 11 is 0. The first kappa shape index (κ1) is 13.5. The Morgan fingerprint density at radius 1 is 0.913 bits per heavy atom. The zero-order valence-corrected chi connectivity index (χ0v) is 12.1. The van der Waals surface area contributed by atoms with Crippen molar-refractivity contribution >= 4 is 10.9 Å². The van der Waals surface area contributed by atoms with E-state index >= 15 is 0 Å². The molecule has 5 heteroatoms. The van der Waals surface area contributed by atoms with Gasteiger partial charge in [0.25, 0.3) is 0 Å². The Kier molecular flexibility index (Phi) is 3.05. The highest BCUT2D eigenvalue weighted by molar-refractivity contribution is 5.82. The van der Waals surface area contributed by atoms with Gasteiger partial charge in [0.2, 0.25) is 0 Å². The lowest BCUT2D eigenvalue weighted by atomic mass is 10.1. The average molecular weight is 305 g/mol. The number of fused-ring (bicyclic) bond motifs is 1. The molecule has 2 heterocycles. The molecule has 0 saturated heterocycles. The van der Waals surface area contributed by atoms with Crippen LogP contribution in [0.15, 0.2) is 78.2 Å². The van der Waals surface area contributed by atoms with Crippen LogP contribution in [0.3, 0.4) is 0 Å². The topological polar surface area (TPSA) is 39.8 Å². The summed E-state index contributed by atoms with van der Waals surface area (Å²) in [5.41, 5.74) is 2.40. The standard InChI is InChI=1S/C18H12FN3O/c19-13-1-3-14(4-2-13)22-9-7-18(23)16-6-5-15(11-17(16)22)21-10-8-20-12-21/h1-12H. The molecule has 2 aromatic carbocycles. The molecule has 0 aliphatic rings. The summed E-state index contributed by atoms with van der Waals surface area (Å²) in [6.07, 6.45) is 6.94. The summed E-state index contributed by atoms with van der Waals surface area (Å²) < 4.78 is 16.9. The number of imidazole rings is 1. The minimum absolute atomic E-state index is 0.0458. The fourth-order valence-electron chi connectivity index (χ4n) is 2.64. The average Bonchev–Trinajstić information content (AvgIpc) is 3.11. The van der Waals surface area contributed by atoms with Crippen LogP contribution in [0.5, 0.6) is 0 Å². The van der Waals surface area contributed by atoms with E-state index in [4.69, 9.17) is 0 Å². The van der Waals surface area contributed by atoms with Crippen LogP contribution in [-0.2, 0) is 0 Å². The number of hydrogen-bond acceptors (Lipinski definition) is 2. The minimum atomic E-state index is -0.293. The quantitative estimate of drug-likeness (QED) is 0.570. The van der Waals surface area contributed by atoms with Crippen molar-refractivity contribution in [1.29, 1.82) is 0 Å². The third-order valence-electron chi connectivity index (χ3n) is 3.79. The van der Waals surface area contributed by atoms with E-state index in [1.165, 1.54) is 18.2 Å². The van der Waals surface area contributed by atoms with Crippen LogP contribution in [-0.4, -0.2) is 14.1 Å². The van der Waals surface area contributed by atoms with E-state index in [2.05, 4.69) is 4.98 Å². The van der Waals surface area contributed by atoms with Gasteiger partial charge in [0.05, 0.1) is 11.8 Å². The van der Waals surface area contributed by atoms with Gasteiger partial charge in [0.15, 0.2) is 5.43 Å². The lowest BCUT2D eigenvalue weighted by Gasteiger charge is -2.12. The highest BCUT2D eigenvalue weighted by Crippen LogP contribution is 2.20. The molecule has 0 N–H and O–H groups in total. The van der Waals surface area contributed by atoms with Crippen LogP contribution in [0.4, 0.5) is 4.39 Å². The molecule has 4 rings (SSSR count). The number of pyridine rings is 1. The maximum atomic E-state index is 13.2. The van der Waals surface area contributed by atoms with Crippen molar-refractivity contribution in [3.05, 3.63) is 89.5 Å². The van der Waals surface area contributed by atoms with Crippen LogP contribution in [0.2, 0.25) is 0 Å². The molecule has 23 heavy (non-hydrogen) atoms. The fraction of sp³-hybridized carbons (Fsp3) is 0. The lowest BCUT2D eigenvalue weighted by Crippen LogP contribution is -2.07. The summed E-state index contributed by atoms with van der Waals surface area (Å²) in [7, 11) is 0. The van der Waals surface area contributed by atoms with E-state index in [0.717, 1.165) is 16.9 Å². The van der Waals surface area contributed by atoms with Gasteiger partial charge in [-0.25, -0.2) is 9.37 Å². The predicted molar refractivity (Wildman–Crippen MR) is 86.6 cm³/mol. The second-order valence-corrected chi connectivity index (χ2v) is 5.20. The van der Waals surface area contributed by atoms with Gasteiger partial charge in [-0.2, -0.15) is 0 Å². The number of benzene rings is 2. The van der Waals surface area contributed by atoms with Gasteiger partial charge < -0.3 is 9.13 Å². The fourth-order valence-corrected chi connectivity index (χ4v) is 2.64. The van der Waals surface area contributed by atoms with Gasteiger partial charge in [-0.05, 0) is 42.5 Å². The molecule has 0 fully saturated rings. The zero-order chi connectivity index (χ0) is 15.8. The summed E-state index contributed by atoms with van der Waals surface area (Å²) in [4.78, 5) is 16.2. The van der Waals surface area contributed by atoms with Crippen molar-refractivity contribution < 1.29 is 4.39 Å². The summed E-state index contributed by atoms with van der Waals surface area (Å²) in [6.45, 7) is 0. The molecule has 4 aromatic rings. The maximum absolute atomic E-state index is 13.2. The van der Waals surface area contributed by atoms with Gasteiger partial charge >= 0.3 is 0 Å². The van der Waals surface area contributed by atoms with Crippen LogP contribution < -0.4 is 5.43 Å². The third kappa shape index (κ3) is 2.32. The molecule has 0 aliphatic carbocycles. The molecule has 0 saturated carbocycles. The van der Waals surface area contributed by atoms with E-state index in [1.807, 2.05) is 27.5 Å². The molecule has 0 amide bonds. The lowest BCUT2D eigenvalue weighted by molar-refractivity contribution is 0.627. The first-order chi connectivity index (χ1) is 11.2. The van der Waals surface area contributed by atoms with E-state index < -0.39 is 0 Å². The number of hydrogen-bond donors (Lipinski definition) is 0.